The number of aromatic nitrogens is 4. The van der Waals surface area contributed by atoms with Crippen LogP contribution in [-0.2, 0) is 13.7 Å². The summed E-state index contributed by atoms with van der Waals surface area (Å²) >= 11 is 7.22. The molecule has 0 saturated heterocycles. The highest BCUT2D eigenvalue weighted by atomic mass is 35.5. The van der Waals surface area contributed by atoms with Crippen LogP contribution in [0, 0.1) is 6.92 Å². The van der Waals surface area contributed by atoms with E-state index in [-0.39, 0.29) is 41.0 Å². The molecule has 1 atom stereocenters. The van der Waals surface area contributed by atoms with Gasteiger partial charge in [0.1, 0.15) is 11.8 Å². The number of ether oxygens (including phenoxy) is 1. The Balaban J connectivity index is 1.74. The number of fused-ring (bicyclic) bond motifs is 1. The van der Waals surface area contributed by atoms with Crippen molar-refractivity contribution in [2.24, 2.45) is 7.05 Å². The van der Waals surface area contributed by atoms with Gasteiger partial charge in [0.05, 0.1) is 22.6 Å². The second-order valence-corrected chi connectivity index (χ2v) is 9.19. The van der Waals surface area contributed by atoms with E-state index in [1.165, 1.54) is 16.5 Å². The van der Waals surface area contributed by atoms with Crippen molar-refractivity contribution >= 4 is 46.0 Å². The highest BCUT2D eigenvalue weighted by Crippen LogP contribution is 2.29. The van der Waals surface area contributed by atoms with Crippen LogP contribution in [-0.4, -0.2) is 31.7 Å². The fourth-order valence-electron chi connectivity index (χ4n) is 3.80. The summed E-state index contributed by atoms with van der Waals surface area (Å²) in [6, 6.07) is 10.7. The quantitative estimate of drug-likeness (QED) is 0.257. The molecule has 36 heavy (non-hydrogen) atoms. The van der Waals surface area contributed by atoms with E-state index in [2.05, 4.69) is 20.0 Å². The van der Waals surface area contributed by atoms with Crippen LogP contribution >= 0.6 is 23.5 Å². The van der Waals surface area contributed by atoms with Gasteiger partial charge in [0.2, 0.25) is 0 Å². The maximum atomic E-state index is 13.2. The van der Waals surface area contributed by atoms with E-state index in [4.69, 9.17) is 21.3 Å². The molecule has 0 aliphatic rings. The van der Waals surface area contributed by atoms with Gasteiger partial charge < -0.3 is 10.1 Å². The minimum absolute atomic E-state index is 0.171. The summed E-state index contributed by atoms with van der Waals surface area (Å²) < 4.78 is 9.96. The predicted octanol–water partition coefficient (Wildman–Crippen LogP) is 4.45. The molecule has 2 N–H and O–H groups in total. The van der Waals surface area contributed by atoms with E-state index in [1.807, 2.05) is 38.1 Å². The van der Waals surface area contributed by atoms with Crippen LogP contribution in [0.3, 0.4) is 0 Å². The number of anilines is 1. The summed E-state index contributed by atoms with van der Waals surface area (Å²) in [6.45, 7) is 4.07. The van der Waals surface area contributed by atoms with Gasteiger partial charge in [-0.05, 0) is 43.7 Å². The number of nitrogens with one attached hydrogen (secondary N) is 2. The first-order valence-electron chi connectivity index (χ1n) is 11.1. The molecule has 4 rings (SSSR count). The van der Waals surface area contributed by atoms with Gasteiger partial charge in [-0.15, -0.1) is 0 Å². The van der Waals surface area contributed by atoms with E-state index >= 15 is 0 Å². The Morgan fingerprint density at radius 1 is 1.25 bits per heavy atom. The number of pyridine rings is 2. The molecule has 1 amide bonds. The SMILES string of the molecule is CSNC(=O)c1nc(Cl)ccc1NC(C)c1cc(C)cc2c(=O)n(C)c(OCc3cccnc3)nc12. The maximum Gasteiger partial charge on any atom is 0.299 e. The van der Waals surface area contributed by atoms with Crippen molar-refractivity contribution in [3.05, 3.63) is 86.7 Å². The molecule has 0 aliphatic heterocycles. The zero-order valence-electron chi connectivity index (χ0n) is 20.2. The number of rotatable bonds is 8. The third-order valence-corrected chi connectivity index (χ3v) is 6.11. The Kier molecular flexibility index (Phi) is 7.76. The highest BCUT2D eigenvalue weighted by Gasteiger charge is 2.20. The number of carbonyl (C=O) groups is 1. The third-order valence-electron chi connectivity index (χ3n) is 5.51. The highest BCUT2D eigenvalue weighted by molar-refractivity contribution is 7.97. The minimum atomic E-state index is -0.369. The van der Waals surface area contributed by atoms with E-state index in [1.54, 1.807) is 37.8 Å². The van der Waals surface area contributed by atoms with Crippen molar-refractivity contribution in [1.82, 2.24) is 24.2 Å². The van der Waals surface area contributed by atoms with Crippen molar-refractivity contribution in [2.45, 2.75) is 26.5 Å². The van der Waals surface area contributed by atoms with Crippen molar-refractivity contribution in [3.8, 4) is 6.01 Å². The normalized spacial score (nSPS) is 11.8. The average Bonchev–Trinajstić information content (AvgIpc) is 2.87. The average molecular weight is 525 g/mol. The standard InChI is InChI=1S/C25H25ClN6O3S/c1-14-10-17(15(2)28-19-7-8-20(26)29-22(19)23(33)31-36-4)21-18(11-14)24(34)32(3)25(30-21)35-13-16-6-5-9-27-12-16/h5-12,15,28H,13H2,1-4H3,(H,31,33). The molecule has 1 aromatic carbocycles. The molecule has 11 heteroatoms. The van der Waals surface area contributed by atoms with Crippen molar-refractivity contribution in [3.63, 3.8) is 0 Å². The van der Waals surface area contributed by atoms with Gasteiger partial charge in [-0.3, -0.25) is 23.9 Å². The predicted molar refractivity (Wildman–Crippen MR) is 143 cm³/mol. The van der Waals surface area contributed by atoms with Crippen LogP contribution in [0.5, 0.6) is 6.01 Å². The lowest BCUT2D eigenvalue weighted by molar-refractivity contribution is 0.0980. The zero-order chi connectivity index (χ0) is 25.8. The Morgan fingerprint density at radius 3 is 2.78 bits per heavy atom. The first kappa shape index (κ1) is 25.5. The Hall–Kier alpha value is -3.63. The number of halogens is 1. The number of amides is 1. The number of hydrogen-bond donors (Lipinski definition) is 2. The van der Waals surface area contributed by atoms with Gasteiger partial charge in [0, 0.05) is 36.8 Å². The summed E-state index contributed by atoms with van der Waals surface area (Å²) in [6.07, 6.45) is 5.13. The molecule has 3 aromatic heterocycles. The lowest BCUT2D eigenvalue weighted by atomic mass is 10.0. The molecular formula is C25H25ClN6O3S. The molecule has 4 aromatic rings. The first-order chi connectivity index (χ1) is 17.3. The Bertz CT molecular complexity index is 1480. The van der Waals surface area contributed by atoms with Crippen LogP contribution in [0.25, 0.3) is 10.9 Å². The number of aryl methyl sites for hydroxylation is 1. The molecule has 0 spiro atoms. The maximum absolute atomic E-state index is 13.2. The van der Waals surface area contributed by atoms with E-state index in [9.17, 15) is 9.59 Å². The fourth-order valence-corrected chi connectivity index (χ4v) is 4.23. The number of benzene rings is 1. The van der Waals surface area contributed by atoms with Crippen molar-refractivity contribution < 1.29 is 9.53 Å². The summed E-state index contributed by atoms with van der Waals surface area (Å²) in [4.78, 5) is 38.8. The molecular weight excluding hydrogens is 500 g/mol. The monoisotopic (exact) mass is 524 g/mol. The lowest BCUT2D eigenvalue weighted by Gasteiger charge is -2.20. The van der Waals surface area contributed by atoms with Crippen molar-refractivity contribution in [1.29, 1.82) is 0 Å². The molecule has 1 unspecified atom stereocenters. The van der Waals surface area contributed by atoms with Crippen molar-refractivity contribution in [2.75, 3.05) is 11.6 Å². The molecule has 0 radical (unpaired) electrons. The molecule has 0 fully saturated rings. The molecule has 0 saturated carbocycles. The fraction of sp³-hybridized carbons (Fsp3) is 0.240. The lowest BCUT2D eigenvalue weighted by Crippen LogP contribution is -2.23. The first-order valence-corrected chi connectivity index (χ1v) is 12.7. The van der Waals surface area contributed by atoms with Gasteiger partial charge in [-0.25, -0.2) is 4.98 Å². The van der Waals surface area contributed by atoms with Crippen LogP contribution in [0.15, 0.2) is 53.6 Å². The van der Waals surface area contributed by atoms with Gasteiger partial charge >= 0.3 is 0 Å². The van der Waals surface area contributed by atoms with E-state index in [0.29, 0.717) is 16.6 Å². The van der Waals surface area contributed by atoms with Crippen LogP contribution in [0.2, 0.25) is 5.15 Å². The molecule has 186 valence electrons. The molecule has 0 bridgehead atoms. The van der Waals surface area contributed by atoms with Crippen LogP contribution in [0.4, 0.5) is 5.69 Å². The topological polar surface area (TPSA) is 111 Å². The van der Waals surface area contributed by atoms with Gasteiger partial charge in [0.15, 0.2) is 5.69 Å². The van der Waals surface area contributed by atoms with Crippen LogP contribution < -0.4 is 20.3 Å². The Morgan fingerprint density at radius 2 is 2.06 bits per heavy atom. The number of hydrogen-bond acceptors (Lipinski definition) is 8. The third kappa shape index (κ3) is 5.44. The second kappa shape index (κ2) is 11.0. The second-order valence-electron chi connectivity index (χ2n) is 8.19. The molecule has 9 nitrogen and oxygen atoms in total. The smallest absolute Gasteiger partial charge is 0.299 e. The van der Waals surface area contributed by atoms with Gasteiger partial charge in [-0.2, -0.15) is 4.98 Å². The summed E-state index contributed by atoms with van der Waals surface area (Å²) in [7, 11) is 1.63. The van der Waals surface area contributed by atoms with Gasteiger partial charge in [-0.1, -0.05) is 35.7 Å². The largest absolute Gasteiger partial charge is 0.460 e. The zero-order valence-corrected chi connectivity index (χ0v) is 21.8. The minimum Gasteiger partial charge on any atom is -0.460 e. The van der Waals surface area contributed by atoms with Crippen LogP contribution in [0.1, 0.15) is 40.1 Å². The van der Waals surface area contributed by atoms with E-state index in [0.717, 1.165) is 16.7 Å². The van der Waals surface area contributed by atoms with E-state index < -0.39 is 0 Å². The van der Waals surface area contributed by atoms with Gasteiger partial charge in [0.25, 0.3) is 17.5 Å². The number of carbonyl (C=O) groups excluding carboxylic acids is 1. The number of nitrogens with zero attached hydrogens (tertiary/aromatic N) is 4. The molecule has 3 heterocycles. The summed E-state index contributed by atoms with van der Waals surface area (Å²) in [5, 5.41) is 4.02. The molecule has 0 aliphatic carbocycles. The summed E-state index contributed by atoms with van der Waals surface area (Å²) in [5.74, 6) is -0.369. The Labute approximate surface area is 217 Å². The summed E-state index contributed by atoms with van der Waals surface area (Å²) in [5.41, 5.74) is 3.52.